The van der Waals surface area contributed by atoms with Crippen LogP contribution in [0.3, 0.4) is 0 Å². The molecule has 13 nitrogen and oxygen atoms in total. The summed E-state index contributed by atoms with van der Waals surface area (Å²) in [6.07, 6.45) is 7.53. The van der Waals surface area contributed by atoms with Crippen molar-refractivity contribution < 1.29 is 14.7 Å². The number of carboxylic acid groups (broad SMARTS) is 1. The number of nitrogens with two attached hydrogens (primary N) is 3. The molecule has 2 aromatic carbocycles. The van der Waals surface area contributed by atoms with Crippen LogP contribution < -0.4 is 22.5 Å². The SMILES string of the molecule is C.Cc1nc(N)c(Cl)cc1CN.Cc1nc(N)c(Cl)cc1CNC(=O)c1ccnc(Cc2ccc3ncc(Cl)cc3c2)c1.Cl.O=C(O)c1ccnc(Cc2ccc3ncc(Cl)cc3c2)c1. The average molecular weight is 975 g/mol. The van der Waals surface area contributed by atoms with Gasteiger partial charge in [-0.2, -0.15) is 0 Å². The van der Waals surface area contributed by atoms with Crippen molar-refractivity contribution in [3.05, 3.63) is 186 Å². The summed E-state index contributed by atoms with van der Waals surface area (Å²) in [5.41, 5.74) is 26.0. The maximum atomic E-state index is 12.7. The molecular weight excluding hydrogens is 930 g/mol. The van der Waals surface area contributed by atoms with Gasteiger partial charge in [0, 0.05) is 89.8 Å². The van der Waals surface area contributed by atoms with E-state index >= 15 is 0 Å². The smallest absolute Gasteiger partial charge is 0.335 e. The van der Waals surface area contributed by atoms with E-state index in [0.717, 1.165) is 61.1 Å². The highest BCUT2D eigenvalue weighted by Crippen LogP contribution is 2.23. The molecule has 6 aromatic heterocycles. The Hall–Kier alpha value is -6.19. The normalized spacial score (nSPS) is 10.4. The number of halogens is 5. The van der Waals surface area contributed by atoms with Gasteiger partial charge in [0.1, 0.15) is 11.6 Å². The first-order chi connectivity index (χ1) is 30.1. The number of pyridine rings is 6. The van der Waals surface area contributed by atoms with Gasteiger partial charge in [-0.25, -0.2) is 14.8 Å². The molecule has 0 aliphatic rings. The molecule has 18 heteroatoms. The van der Waals surface area contributed by atoms with Crippen molar-refractivity contribution in [2.75, 3.05) is 11.5 Å². The van der Waals surface area contributed by atoms with Gasteiger partial charge in [0.2, 0.25) is 0 Å². The van der Waals surface area contributed by atoms with E-state index in [4.69, 9.17) is 68.7 Å². The number of aromatic carboxylic acids is 1. The van der Waals surface area contributed by atoms with E-state index in [2.05, 4.69) is 35.2 Å². The predicted molar refractivity (Wildman–Crippen MR) is 264 cm³/mol. The summed E-state index contributed by atoms with van der Waals surface area (Å²) in [6, 6.07) is 25.6. The summed E-state index contributed by atoms with van der Waals surface area (Å²) in [7, 11) is 0. The van der Waals surface area contributed by atoms with E-state index < -0.39 is 5.97 Å². The molecular formula is C47H45Cl5N10O3. The summed E-state index contributed by atoms with van der Waals surface area (Å²) in [6.45, 7) is 4.42. The van der Waals surface area contributed by atoms with Crippen molar-refractivity contribution in [1.29, 1.82) is 0 Å². The third kappa shape index (κ3) is 14.1. The molecule has 8 aromatic rings. The van der Waals surface area contributed by atoms with Gasteiger partial charge in [0.15, 0.2) is 0 Å². The number of hydrogen-bond acceptors (Lipinski definition) is 11. The number of fused-ring (bicyclic) bond motifs is 2. The number of carbonyl (C=O) groups excluding carboxylic acids is 1. The fraction of sp³-hybridized carbons (Fsp3) is 0.149. The lowest BCUT2D eigenvalue weighted by atomic mass is 10.0. The number of rotatable bonds is 9. The molecule has 0 bridgehead atoms. The number of nitrogen functional groups attached to an aromatic ring is 2. The number of nitrogens with zero attached hydrogens (tertiary/aromatic N) is 6. The first kappa shape index (κ1) is 51.4. The van der Waals surface area contributed by atoms with Crippen molar-refractivity contribution in [2.24, 2.45) is 5.73 Å². The molecule has 0 fully saturated rings. The molecule has 6 heterocycles. The fourth-order valence-electron chi connectivity index (χ4n) is 6.31. The van der Waals surface area contributed by atoms with Crippen LogP contribution in [0.2, 0.25) is 20.1 Å². The van der Waals surface area contributed by atoms with E-state index in [9.17, 15) is 9.59 Å². The Labute approximate surface area is 402 Å². The Bertz CT molecular complexity index is 2980. The lowest BCUT2D eigenvalue weighted by Gasteiger charge is -2.10. The Balaban J connectivity index is 0.000000235. The van der Waals surface area contributed by atoms with Crippen LogP contribution in [-0.2, 0) is 25.9 Å². The number of aryl methyl sites for hydroxylation is 2. The second-order valence-corrected chi connectivity index (χ2v) is 15.9. The largest absolute Gasteiger partial charge is 0.478 e. The van der Waals surface area contributed by atoms with Crippen LogP contribution in [-0.4, -0.2) is 46.9 Å². The molecule has 0 aliphatic heterocycles. The van der Waals surface area contributed by atoms with E-state index in [1.54, 1.807) is 48.9 Å². The standard InChI is InChI=1S/C23H19Cl2N5O.C16H11ClN2O2.C7H10ClN3.CH4.ClH/c1-13-17(10-20(25)22(26)30-13)11-29-23(31)15-4-5-27-19(9-15)7-14-2-3-21-16(6-14)8-18(24)12-28-21;17-13-7-12-5-10(1-2-15(12)19-9-13)6-14-8-11(16(20)21)3-4-18-14;1-4-5(3-9)2-6(8)7(10)11-4;;/h2-6,8-10,12H,7,11H2,1H3,(H2,26,30)(H,29,31);1-5,7-9H,6H2,(H,20,21);2H,3,9H2,1H3,(H2,10,11);1H4;1H. The molecule has 8 rings (SSSR count). The van der Waals surface area contributed by atoms with Crippen LogP contribution in [0.5, 0.6) is 0 Å². The zero-order chi connectivity index (χ0) is 45.2. The Morgan fingerprint density at radius 2 is 1.09 bits per heavy atom. The maximum absolute atomic E-state index is 12.7. The molecule has 0 atom stereocenters. The minimum Gasteiger partial charge on any atom is -0.478 e. The summed E-state index contributed by atoms with van der Waals surface area (Å²) in [5, 5.41) is 15.8. The van der Waals surface area contributed by atoms with Crippen LogP contribution in [0.15, 0.2) is 110 Å². The highest BCUT2D eigenvalue weighted by Gasteiger charge is 2.12. The molecule has 0 aliphatic carbocycles. The maximum Gasteiger partial charge on any atom is 0.335 e. The van der Waals surface area contributed by atoms with Gasteiger partial charge >= 0.3 is 5.97 Å². The van der Waals surface area contributed by atoms with Crippen LogP contribution in [0, 0.1) is 13.8 Å². The molecule has 1 amide bonds. The summed E-state index contributed by atoms with van der Waals surface area (Å²) in [5.74, 6) is -0.514. The van der Waals surface area contributed by atoms with E-state index in [0.29, 0.717) is 63.1 Å². The lowest BCUT2D eigenvalue weighted by molar-refractivity contribution is 0.0696. The Kier molecular flexibility index (Phi) is 18.7. The molecule has 65 heavy (non-hydrogen) atoms. The molecule has 0 saturated carbocycles. The quantitative estimate of drug-likeness (QED) is 0.0912. The second kappa shape index (κ2) is 23.7. The van der Waals surface area contributed by atoms with Gasteiger partial charge in [-0.05, 0) is 109 Å². The van der Waals surface area contributed by atoms with Gasteiger partial charge in [0.05, 0.1) is 36.7 Å². The van der Waals surface area contributed by atoms with Crippen LogP contribution >= 0.6 is 58.8 Å². The molecule has 0 radical (unpaired) electrons. The number of anilines is 2. The number of nitrogens with one attached hydrogen (secondary N) is 1. The minimum atomic E-state index is -0.951. The Morgan fingerprint density at radius 1 is 0.631 bits per heavy atom. The predicted octanol–water partition coefficient (Wildman–Crippen LogP) is 10.5. The van der Waals surface area contributed by atoms with Crippen LogP contribution in [0.1, 0.15) is 73.2 Å². The van der Waals surface area contributed by atoms with Crippen molar-refractivity contribution in [3.63, 3.8) is 0 Å². The van der Waals surface area contributed by atoms with Gasteiger partial charge in [-0.1, -0.05) is 66.0 Å². The number of hydrogen-bond donors (Lipinski definition) is 5. The summed E-state index contributed by atoms with van der Waals surface area (Å²) < 4.78 is 0. The number of aromatic nitrogens is 6. The van der Waals surface area contributed by atoms with E-state index in [1.807, 2.05) is 62.4 Å². The topological polar surface area (TPSA) is 222 Å². The third-order valence-electron chi connectivity index (χ3n) is 9.59. The zero-order valence-electron chi connectivity index (χ0n) is 34.3. The van der Waals surface area contributed by atoms with Crippen LogP contribution in [0.25, 0.3) is 21.8 Å². The van der Waals surface area contributed by atoms with Crippen molar-refractivity contribution in [1.82, 2.24) is 35.2 Å². The zero-order valence-corrected chi connectivity index (χ0v) is 38.2. The number of amides is 1. The number of benzene rings is 2. The van der Waals surface area contributed by atoms with Crippen molar-refractivity contribution in [2.45, 2.75) is 47.2 Å². The monoisotopic (exact) mass is 972 g/mol. The van der Waals surface area contributed by atoms with Gasteiger partial charge in [-0.3, -0.25) is 24.7 Å². The molecule has 0 unspecified atom stereocenters. The summed E-state index contributed by atoms with van der Waals surface area (Å²) >= 11 is 23.8. The molecule has 0 spiro atoms. The van der Waals surface area contributed by atoms with E-state index in [1.165, 1.54) is 12.3 Å². The molecule has 8 N–H and O–H groups in total. The summed E-state index contributed by atoms with van der Waals surface area (Å²) in [4.78, 5) is 49.0. The minimum absolute atomic E-state index is 0. The highest BCUT2D eigenvalue weighted by atomic mass is 35.5. The van der Waals surface area contributed by atoms with Gasteiger partial charge in [0.25, 0.3) is 5.91 Å². The van der Waals surface area contributed by atoms with E-state index in [-0.39, 0.29) is 37.1 Å². The fourth-order valence-corrected chi connectivity index (χ4v) is 6.99. The van der Waals surface area contributed by atoms with Gasteiger partial charge in [-0.15, -0.1) is 12.4 Å². The first-order valence-electron chi connectivity index (χ1n) is 19.2. The first-order valence-corrected chi connectivity index (χ1v) is 20.7. The van der Waals surface area contributed by atoms with Crippen LogP contribution in [0.4, 0.5) is 11.6 Å². The third-order valence-corrected chi connectivity index (χ3v) is 10.6. The second-order valence-electron chi connectivity index (χ2n) is 14.2. The van der Waals surface area contributed by atoms with Gasteiger partial charge < -0.3 is 27.6 Å². The average Bonchev–Trinajstić information content (AvgIpc) is 3.26. The van der Waals surface area contributed by atoms with Crippen molar-refractivity contribution in [3.8, 4) is 0 Å². The van der Waals surface area contributed by atoms with Crippen molar-refractivity contribution >= 4 is 104 Å². The Morgan fingerprint density at radius 3 is 1.58 bits per heavy atom. The lowest BCUT2D eigenvalue weighted by Crippen LogP contribution is -2.23. The molecule has 336 valence electrons. The highest BCUT2D eigenvalue weighted by molar-refractivity contribution is 6.33. The number of carbonyl (C=O) groups is 2. The molecule has 0 saturated heterocycles. The number of carboxylic acids is 1.